The van der Waals surface area contributed by atoms with Gasteiger partial charge in [0.25, 0.3) is 0 Å². The van der Waals surface area contributed by atoms with Gasteiger partial charge in [0.05, 0.1) is 0 Å². The van der Waals surface area contributed by atoms with Gasteiger partial charge in [-0.25, -0.2) is 0 Å². The topological polar surface area (TPSA) is 87.3 Å². The summed E-state index contributed by atoms with van der Waals surface area (Å²) in [7, 11) is 0. The summed E-state index contributed by atoms with van der Waals surface area (Å²) in [4.78, 5) is 34.8. The number of rotatable bonds is 5. The standard InChI is InChI=1S/C17H25N3O3/c1-11(19-16(23)17(3,4)5)15(22)18-10-13-6-8-14(9-7-13)20-12(2)21/h6-9,11H,10H2,1-5H3,(H,18,22)(H,19,23)(H,20,21)/t11-/m0/s1. The van der Waals surface area contributed by atoms with Gasteiger partial charge in [-0.1, -0.05) is 32.9 Å². The van der Waals surface area contributed by atoms with Gasteiger partial charge in [0.15, 0.2) is 0 Å². The summed E-state index contributed by atoms with van der Waals surface area (Å²) < 4.78 is 0. The van der Waals surface area contributed by atoms with Crippen LogP contribution in [0.5, 0.6) is 0 Å². The van der Waals surface area contributed by atoms with Crippen LogP contribution in [0.3, 0.4) is 0 Å². The summed E-state index contributed by atoms with van der Waals surface area (Å²) in [5.41, 5.74) is 1.08. The molecule has 0 spiro atoms. The maximum Gasteiger partial charge on any atom is 0.242 e. The fourth-order valence-electron chi connectivity index (χ4n) is 1.73. The lowest BCUT2D eigenvalue weighted by Gasteiger charge is -2.21. The van der Waals surface area contributed by atoms with Crippen LogP contribution in [0.15, 0.2) is 24.3 Å². The lowest BCUT2D eigenvalue weighted by atomic mass is 9.95. The molecule has 0 aliphatic heterocycles. The van der Waals surface area contributed by atoms with Crippen LogP contribution in [0, 0.1) is 5.41 Å². The monoisotopic (exact) mass is 319 g/mol. The average molecular weight is 319 g/mol. The quantitative estimate of drug-likeness (QED) is 0.773. The lowest BCUT2D eigenvalue weighted by Crippen LogP contribution is -2.48. The summed E-state index contributed by atoms with van der Waals surface area (Å²) in [5.74, 6) is -0.539. The Bertz CT molecular complexity index is 574. The molecular formula is C17H25N3O3. The molecule has 1 atom stereocenters. The fraction of sp³-hybridized carbons (Fsp3) is 0.471. The second-order valence-electron chi connectivity index (χ2n) is 6.54. The van der Waals surface area contributed by atoms with Gasteiger partial charge in [-0.3, -0.25) is 14.4 Å². The molecule has 3 amide bonds. The van der Waals surface area contributed by atoms with Gasteiger partial charge >= 0.3 is 0 Å². The molecule has 126 valence electrons. The van der Waals surface area contributed by atoms with E-state index in [1.807, 2.05) is 12.1 Å². The third kappa shape index (κ3) is 6.50. The van der Waals surface area contributed by atoms with Gasteiger partial charge in [0, 0.05) is 24.6 Å². The lowest BCUT2D eigenvalue weighted by molar-refractivity contribution is -0.133. The molecular weight excluding hydrogens is 294 g/mol. The van der Waals surface area contributed by atoms with Gasteiger partial charge in [-0.2, -0.15) is 0 Å². The zero-order chi connectivity index (χ0) is 17.6. The molecule has 1 rings (SSSR count). The highest BCUT2D eigenvalue weighted by atomic mass is 16.2. The molecule has 0 saturated carbocycles. The van der Waals surface area contributed by atoms with Crippen molar-refractivity contribution in [2.24, 2.45) is 5.41 Å². The van der Waals surface area contributed by atoms with E-state index < -0.39 is 11.5 Å². The van der Waals surface area contributed by atoms with Crippen molar-refractivity contribution >= 4 is 23.4 Å². The van der Waals surface area contributed by atoms with Crippen molar-refractivity contribution in [1.82, 2.24) is 10.6 Å². The van der Waals surface area contributed by atoms with Crippen LogP contribution in [0.1, 0.15) is 40.2 Å². The van der Waals surface area contributed by atoms with E-state index in [0.717, 1.165) is 5.56 Å². The van der Waals surface area contributed by atoms with Gasteiger partial charge in [0.1, 0.15) is 6.04 Å². The Morgan fingerprint density at radius 1 is 1.09 bits per heavy atom. The van der Waals surface area contributed by atoms with Crippen LogP contribution in [0.4, 0.5) is 5.69 Å². The van der Waals surface area contributed by atoms with E-state index in [-0.39, 0.29) is 17.7 Å². The third-order valence-electron chi connectivity index (χ3n) is 3.16. The first-order chi connectivity index (χ1) is 10.6. The van der Waals surface area contributed by atoms with Crippen LogP contribution in [0.25, 0.3) is 0 Å². The highest BCUT2D eigenvalue weighted by molar-refractivity contribution is 5.89. The number of benzene rings is 1. The SMILES string of the molecule is CC(=O)Nc1ccc(CNC(=O)[C@H](C)NC(=O)C(C)(C)C)cc1. The van der Waals surface area contributed by atoms with Crippen LogP contribution >= 0.6 is 0 Å². The Morgan fingerprint density at radius 3 is 2.13 bits per heavy atom. The average Bonchev–Trinajstić information content (AvgIpc) is 2.44. The molecule has 6 heteroatoms. The van der Waals surface area contributed by atoms with Crippen LogP contribution in [0.2, 0.25) is 0 Å². The van der Waals surface area contributed by atoms with Crippen LogP contribution in [-0.4, -0.2) is 23.8 Å². The number of hydrogen-bond acceptors (Lipinski definition) is 3. The van der Waals surface area contributed by atoms with E-state index in [0.29, 0.717) is 12.2 Å². The van der Waals surface area contributed by atoms with E-state index in [9.17, 15) is 14.4 Å². The Hall–Kier alpha value is -2.37. The van der Waals surface area contributed by atoms with Crippen molar-refractivity contribution in [3.63, 3.8) is 0 Å². The highest BCUT2D eigenvalue weighted by Crippen LogP contribution is 2.13. The van der Waals surface area contributed by atoms with Crippen molar-refractivity contribution in [2.45, 2.75) is 47.2 Å². The smallest absolute Gasteiger partial charge is 0.242 e. The first kappa shape index (κ1) is 18.7. The molecule has 0 aliphatic rings. The predicted molar refractivity (Wildman–Crippen MR) is 89.7 cm³/mol. The van der Waals surface area contributed by atoms with Crippen molar-refractivity contribution in [2.75, 3.05) is 5.32 Å². The molecule has 1 aromatic rings. The zero-order valence-corrected chi connectivity index (χ0v) is 14.3. The normalized spacial score (nSPS) is 12.2. The molecule has 0 aliphatic carbocycles. The van der Waals surface area contributed by atoms with Gasteiger partial charge in [-0.05, 0) is 24.6 Å². The third-order valence-corrected chi connectivity index (χ3v) is 3.16. The maximum absolute atomic E-state index is 12.0. The number of carbonyl (C=O) groups is 3. The number of carbonyl (C=O) groups excluding carboxylic acids is 3. The van der Waals surface area contributed by atoms with E-state index in [1.165, 1.54) is 6.92 Å². The van der Waals surface area contributed by atoms with E-state index >= 15 is 0 Å². The maximum atomic E-state index is 12.0. The summed E-state index contributed by atoms with van der Waals surface area (Å²) in [6.45, 7) is 8.84. The number of hydrogen-bond donors (Lipinski definition) is 3. The Labute approximate surface area is 137 Å². The van der Waals surface area contributed by atoms with Crippen molar-refractivity contribution < 1.29 is 14.4 Å². The van der Waals surface area contributed by atoms with Gasteiger partial charge in [-0.15, -0.1) is 0 Å². The minimum Gasteiger partial charge on any atom is -0.350 e. The molecule has 1 aromatic carbocycles. The second kappa shape index (κ2) is 7.76. The fourth-order valence-corrected chi connectivity index (χ4v) is 1.73. The molecule has 0 fully saturated rings. The summed E-state index contributed by atoms with van der Waals surface area (Å²) in [6, 6.07) is 6.59. The predicted octanol–water partition coefficient (Wildman–Crippen LogP) is 1.81. The number of nitrogens with one attached hydrogen (secondary N) is 3. The van der Waals surface area contributed by atoms with Crippen molar-refractivity contribution in [3.8, 4) is 0 Å². The van der Waals surface area contributed by atoms with E-state index in [4.69, 9.17) is 0 Å². The van der Waals surface area contributed by atoms with Gasteiger partial charge in [0.2, 0.25) is 17.7 Å². The zero-order valence-electron chi connectivity index (χ0n) is 14.3. The van der Waals surface area contributed by atoms with Crippen LogP contribution in [-0.2, 0) is 20.9 Å². The number of anilines is 1. The Kier molecular flexibility index (Phi) is 6.30. The highest BCUT2D eigenvalue weighted by Gasteiger charge is 2.24. The minimum absolute atomic E-state index is 0.130. The molecule has 0 aromatic heterocycles. The molecule has 0 radical (unpaired) electrons. The van der Waals surface area contributed by atoms with Crippen molar-refractivity contribution in [1.29, 1.82) is 0 Å². The summed E-state index contributed by atoms with van der Waals surface area (Å²) >= 11 is 0. The first-order valence-corrected chi connectivity index (χ1v) is 7.55. The van der Waals surface area contributed by atoms with Crippen LogP contribution < -0.4 is 16.0 Å². The second-order valence-corrected chi connectivity index (χ2v) is 6.54. The molecule has 0 unspecified atom stereocenters. The molecule has 0 saturated heterocycles. The van der Waals surface area contributed by atoms with E-state index in [1.54, 1.807) is 39.8 Å². The largest absolute Gasteiger partial charge is 0.350 e. The molecule has 0 bridgehead atoms. The molecule has 6 nitrogen and oxygen atoms in total. The summed E-state index contributed by atoms with van der Waals surface area (Å²) in [5, 5.41) is 8.14. The molecule has 23 heavy (non-hydrogen) atoms. The number of amides is 3. The van der Waals surface area contributed by atoms with Crippen molar-refractivity contribution in [3.05, 3.63) is 29.8 Å². The van der Waals surface area contributed by atoms with Gasteiger partial charge < -0.3 is 16.0 Å². The van der Waals surface area contributed by atoms with E-state index in [2.05, 4.69) is 16.0 Å². The Morgan fingerprint density at radius 2 is 1.65 bits per heavy atom. The Balaban J connectivity index is 2.49. The molecule has 3 N–H and O–H groups in total. The first-order valence-electron chi connectivity index (χ1n) is 7.55. The molecule has 0 heterocycles. The minimum atomic E-state index is -0.597. The summed E-state index contributed by atoms with van der Waals surface area (Å²) in [6.07, 6.45) is 0.